The van der Waals surface area contributed by atoms with Crippen molar-refractivity contribution in [3.05, 3.63) is 65.7 Å². The van der Waals surface area contributed by atoms with E-state index >= 15 is 0 Å². The third-order valence-electron chi connectivity index (χ3n) is 5.46. The molecule has 0 radical (unpaired) electrons. The first-order valence-electron chi connectivity index (χ1n) is 11.0. The lowest BCUT2D eigenvalue weighted by Gasteiger charge is -2.22. The van der Waals surface area contributed by atoms with Crippen molar-refractivity contribution < 1.29 is 9.53 Å². The highest BCUT2D eigenvalue weighted by Gasteiger charge is 2.24. The van der Waals surface area contributed by atoms with Crippen LogP contribution < -0.4 is 10.1 Å². The molecular formula is C25H35IN4O2. The maximum atomic E-state index is 11.7. The number of likely N-dealkylation sites (N-methyl/N-ethyl adjacent to an activating group) is 1. The van der Waals surface area contributed by atoms with Gasteiger partial charge in [-0.25, -0.2) is 4.99 Å². The average molecular weight is 550 g/mol. The molecular weight excluding hydrogens is 515 g/mol. The fourth-order valence-electron chi connectivity index (χ4n) is 3.74. The number of likely N-dealkylation sites (tertiary alicyclic amines) is 1. The van der Waals surface area contributed by atoms with Crippen LogP contribution in [0.1, 0.15) is 24.5 Å². The van der Waals surface area contributed by atoms with Crippen LogP contribution >= 0.6 is 24.0 Å². The van der Waals surface area contributed by atoms with E-state index < -0.39 is 0 Å². The summed E-state index contributed by atoms with van der Waals surface area (Å²) in [7, 11) is 3.45. The Morgan fingerprint density at radius 1 is 1.16 bits per heavy atom. The highest BCUT2D eigenvalue weighted by atomic mass is 127. The number of nitrogens with zero attached hydrogens (tertiary/aromatic N) is 3. The number of amides is 1. The lowest BCUT2D eigenvalue weighted by molar-refractivity contribution is -0.130. The number of carbonyl (C=O) groups is 1. The van der Waals surface area contributed by atoms with E-state index in [-0.39, 0.29) is 36.5 Å². The third kappa shape index (κ3) is 8.00. The predicted molar refractivity (Wildman–Crippen MR) is 141 cm³/mol. The van der Waals surface area contributed by atoms with Crippen LogP contribution in [0, 0.1) is 5.92 Å². The van der Waals surface area contributed by atoms with Crippen molar-refractivity contribution in [2.75, 3.05) is 40.3 Å². The minimum atomic E-state index is -0.0584. The van der Waals surface area contributed by atoms with Crippen molar-refractivity contribution in [3.8, 4) is 5.75 Å². The molecule has 1 saturated heterocycles. The zero-order valence-corrected chi connectivity index (χ0v) is 21.6. The molecule has 1 unspecified atom stereocenters. The number of hydrogen-bond acceptors (Lipinski definition) is 3. The van der Waals surface area contributed by atoms with Crippen LogP contribution in [0.2, 0.25) is 0 Å². The van der Waals surface area contributed by atoms with Crippen LogP contribution in [0.15, 0.2) is 59.6 Å². The Morgan fingerprint density at radius 3 is 2.62 bits per heavy atom. The van der Waals surface area contributed by atoms with E-state index in [1.54, 1.807) is 14.1 Å². The summed E-state index contributed by atoms with van der Waals surface area (Å²) in [5.74, 6) is 2.25. The Hall–Kier alpha value is -2.29. The molecule has 1 heterocycles. The predicted octanol–water partition coefficient (Wildman–Crippen LogP) is 3.80. The molecule has 0 aliphatic carbocycles. The van der Waals surface area contributed by atoms with Gasteiger partial charge in [-0.3, -0.25) is 4.79 Å². The number of hydrogen-bond donors (Lipinski definition) is 1. The molecule has 0 saturated carbocycles. The Labute approximate surface area is 209 Å². The van der Waals surface area contributed by atoms with Gasteiger partial charge in [0.25, 0.3) is 5.91 Å². The monoisotopic (exact) mass is 550 g/mol. The first-order chi connectivity index (χ1) is 15.0. The van der Waals surface area contributed by atoms with Crippen molar-refractivity contribution >= 4 is 35.8 Å². The Balaban J connectivity index is 0.00000363. The largest absolute Gasteiger partial charge is 0.484 e. The standard InChI is InChI=1S/C25H34N4O2.HI/c1-4-26-25(29-14-13-22(18-29)15-20-9-6-5-7-10-20)27-17-21-11-8-12-23(16-21)31-19-24(30)28(2)3;/h5-12,16,22H,4,13-15,17-19H2,1-3H3,(H,26,27);1H. The molecule has 1 atom stereocenters. The molecule has 7 heteroatoms. The zero-order chi connectivity index (χ0) is 22.1. The van der Waals surface area contributed by atoms with Gasteiger partial charge in [0.15, 0.2) is 12.6 Å². The van der Waals surface area contributed by atoms with E-state index in [9.17, 15) is 4.79 Å². The first-order valence-corrected chi connectivity index (χ1v) is 11.0. The van der Waals surface area contributed by atoms with E-state index in [1.807, 2.05) is 24.3 Å². The number of halogens is 1. The number of rotatable bonds is 8. The zero-order valence-electron chi connectivity index (χ0n) is 19.3. The summed E-state index contributed by atoms with van der Waals surface area (Å²) in [5, 5.41) is 3.44. The molecule has 1 N–H and O–H groups in total. The minimum Gasteiger partial charge on any atom is -0.484 e. The van der Waals surface area contributed by atoms with Gasteiger partial charge in [0.1, 0.15) is 5.75 Å². The number of guanidine groups is 1. The van der Waals surface area contributed by atoms with Gasteiger partial charge >= 0.3 is 0 Å². The molecule has 1 aliphatic heterocycles. The molecule has 0 spiro atoms. The van der Waals surface area contributed by atoms with Crippen molar-refractivity contribution in [1.82, 2.24) is 15.1 Å². The molecule has 1 amide bonds. The summed E-state index contributed by atoms with van der Waals surface area (Å²) >= 11 is 0. The van der Waals surface area contributed by atoms with Crippen LogP contribution in [0.3, 0.4) is 0 Å². The van der Waals surface area contributed by atoms with E-state index in [0.717, 1.165) is 37.6 Å². The van der Waals surface area contributed by atoms with Crippen LogP contribution in [0.5, 0.6) is 5.75 Å². The van der Waals surface area contributed by atoms with E-state index in [0.29, 0.717) is 18.2 Å². The van der Waals surface area contributed by atoms with Gasteiger partial charge in [-0.05, 0) is 48.9 Å². The second-order valence-electron chi connectivity index (χ2n) is 8.18. The van der Waals surface area contributed by atoms with Crippen LogP contribution in [-0.2, 0) is 17.8 Å². The molecule has 1 fully saturated rings. The second-order valence-corrected chi connectivity index (χ2v) is 8.18. The number of aliphatic imine (C=N–C) groups is 1. The molecule has 174 valence electrons. The fraction of sp³-hybridized carbons (Fsp3) is 0.440. The summed E-state index contributed by atoms with van der Waals surface area (Å²) in [4.78, 5) is 20.5. The highest BCUT2D eigenvalue weighted by molar-refractivity contribution is 14.0. The number of carbonyl (C=O) groups excluding carboxylic acids is 1. The second kappa shape index (κ2) is 13.3. The minimum absolute atomic E-state index is 0. The molecule has 32 heavy (non-hydrogen) atoms. The maximum Gasteiger partial charge on any atom is 0.259 e. The van der Waals surface area contributed by atoms with Gasteiger partial charge in [-0.1, -0.05) is 42.5 Å². The van der Waals surface area contributed by atoms with Gasteiger partial charge in [0.05, 0.1) is 6.54 Å². The average Bonchev–Trinajstić information content (AvgIpc) is 3.24. The lowest BCUT2D eigenvalue weighted by Crippen LogP contribution is -2.40. The maximum absolute atomic E-state index is 11.7. The smallest absolute Gasteiger partial charge is 0.259 e. The molecule has 3 rings (SSSR count). The molecule has 2 aromatic carbocycles. The number of benzene rings is 2. The van der Waals surface area contributed by atoms with Crippen molar-refractivity contribution in [2.45, 2.75) is 26.3 Å². The molecule has 1 aliphatic rings. The Kier molecular flexibility index (Phi) is 10.8. The van der Waals surface area contributed by atoms with Crippen molar-refractivity contribution in [2.24, 2.45) is 10.9 Å². The molecule has 6 nitrogen and oxygen atoms in total. The quantitative estimate of drug-likeness (QED) is 0.309. The summed E-state index contributed by atoms with van der Waals surface area (Å²) in [5.41, 5.74) is 2.46. The van der Waals surface area contributed by atoms with E-state index in [2.05, 4.69) is 47.5 Å². The number of ether oxygens (including phenoxy) is 1. The van der Waals surface area contributed by atoms with Gasteiger partial charge in [-0.15, -0.1) is 24.0 Å². The Morgan fingerprint density at radius 2 is 1.91 bits per heavy atom. The van der Waals surface area contributed by atoms with Crippen molar-refractivity contribution in [1.29, 1.82) is 0 Å². The lowest BCUT2D eigenvalue weighted by atomic mass is 9.99. The summed E-state index contributed by atoms with van der Waals surface area (Å²) in [6.07, 6.45) is 2.30. The SMILES string of the molecule is CCNC(=NCc1cccc(OCC(=O)N(C)C)c1)N1CCC(Cc2ccccc2)C1.I. The Bertz CT molecular complexity index is 873. The van der Waals surface area contributed by atoms with Crippen LogP contribution in [0.25, 0.3) is 0 Å². The first kappa shape index (κ1) is 26.0. The molecule has 0 bridgehead atoms. The van der Waals surface area contributed by atoms with Crippen LogP contribution in [-0.4, -0.2) is 62.0 Å². The van der Waals surface area contributed by atoms with Gasteiger partial charge < -0.3 is 19.9 Å². The van der Waals surface area contributed by atoms with Gasteiger partial charge in [0.2, 0.25) is 0 Å². The van der Waals surface area contributed by atoms with E-state index in [1.165, 1.54) is 16.9 Å². The van der Waals surface area contributed by atoms with Crippen molar-refractivity contribution in [3.63, 3.8) is 0 Å². The molecule has 2 aromatic rings. The molecule has 0 aromatic heterocycles. The third-order valence-corrected chi connectivity index (χ3v) is 5.46. The summed E-state index contributed by atoms with van der Waals surface area (Å²) in [6.45, 7) is 5.60. The van der Waals surface area contributed by atoms with Gasteiger partial charge in [-0.2, -0.15) is 0 Å². The normalized spacial score (nSPS) is 15.8. The van der Waals surface area contributed by atoms with E-state index in [4.69, 9.17) is 9.73 Å². The topological polar surface area (TPSA) is 57.2 Å². The van der Waals surface area contributed by atoms with Crippen LogP contribution in [0.4, 0.5) is 0 Å². The fourth-order valence-corrected chi connectivity index (χ4v) is 3.74. The number of nitrogens with one attached hydrogen (secondary N) is 1. The van der Waals surface area contributed by atoms with Gasteiger partial charge in [0, 0.05) is 33.7 Å². The summed E-state index contributed by atoms with van der Waals surface area (Å²) < 4.78 is 5.63. The summed E-state index contributed by atoms with van der Waals surface area (Å²) in [6, 6.07) is 18.5. The highest BCUT2D eigenvalue weighted by Crippen LogP contribution is 2.21.